The quantitative estimate of drug-likeness (QED) is 0.598. The van der Waals surface area contributed by atoms with Crippen LogP contribution < -0.4 is 16.0 Å². The molecule has 5 amide bonds. The van der Waals surface area contributed by atoms with Crippen molar-refractivity contribution in [3.8, 4) is 0 Å². The number of hydrogen-bond acceptors (Lipinski definition) is 6. The molecule has 3 N–H and O–H groups in total. The molecule has 1 heterocycles. The van der Waals surface area contributed by atoms with E-state index in [1.165, 1.54) is 48.5 Å². The molecule has 9 nitrogen and oxygen atoms in total. The first-order valence-electron chi connectivity index (χ1n) is 8.53. The van der Waals surface area contributed by atoms with Gasteiger partial charge in [0.15, 0.2) is 9.84 Å². The predicted octanol–water partition coefficient (Wildman–Crippen LogP) is 0.227. The van der Waals surface area contributed by atoms with Crippen LogP contribution in [0.25, 0.3) is 0 Å². The summed E-state index contributed by atoms with van der Waals surface area (Å²) in [6.45, 7) is 1.15. The zero-order chi connectivity index (χ0) is 21.2. The number of imide groups is 2. The van der Waals surface area contributed by atoms with Crippen LogP contribution >= 0.6 is 0 Å². The molecule has 2 aromatic carbocycles. The highest BCUT2D eigenvalue weighted by molar-refractivity contribution is 7.92. The normalized spacial score (nSPS) is 17.1. The number of hydrogen-bond donors (Lipinski definition) is 3. The van der Waals surface area contributed by atoms with Gasteiger partial charge in [-0.3, -0.25) is 25.0 Å². The summed E-state index contributed by atoms with van der Waals surface area (Å²) < 4.78 is 25.5. The Morgan fingerprint density at radius 1 is 0.897 bits per heavy atom. The Morgan fingerprint density at radius 2 is 1.38 bits per heavy atom. The Kier molecular flexibility index (Phi) is 5.21. The highest BCUT2D eigenvalue weighted by Crippen LogP contribution is 2.25. The SMILES string of the molecule is CC(C(=O)NC1(c2ccccc2)C(=O)NC(=O)NC1=O)S(=O)(=O)c1ccccc1. The summed E-state index contributed by atoms with van der Waals surface area (Å²) in [5.41, 5.74) is -2.23. The fraction of sp³-hybridized carbons (Fsp3) is 0.158. The van der Waals surface area contributed by atoms with E-state index in [2.05, 4.69) is 5.32 Å². The van der Waals surface area contributed by atoms with Crippen LogP contribution in [0.1, 0.15) is 12.5 Å². The smallest absolute Gasteiger partial charge is 0.328 e. The van der Waals surface area contributed by atoms with Gasteiger partial charge in [0.25, 0.3) is 11.8 Å². The van der Waals surface area contributed by atoms with Crippen LogP contribution in [0.3, 0.4) is 0 Å². The molecule has 1 saturated heterocycles. The van der Waals surface area contributed by atoms with Gasteiger partial charge >= 0.3 is 6.03 Å². The molecule has 1 aliphatic rings. The standard InChI is InChI=1S/C19H17N3O6S/c1-12(29(27,28)14-10-6-3-7-11-14)15(23)22-19(13-8-4-2-5-9-13)16(24)20-18(26)21-17(19)25/h2-12H,1H3,(H,22,23)(H2,20,21,24,25,26). The Balaban J connectivity index is 2.01. The Hall–Kier alpha value is -3.53. The molecule has 0 aromatic heterocycles. The second kappa shape index (κ2) is 7.47. The molecule has 0 radical (unpaired) electrons. The molecule has 150 valence electrons. The van der Waals surface area contributed by atoms with E-state index in [9.17, 15) is 27.6 Å². The summed E-state index contributed by atoms with van der Waals surface area (Å²) >= 11 is 0. The number of carbonyl (C=O) groups excluding carboxylic acids is 4. The summed E-state index contributed by atoms with van der Waals surface area (Å²) in [6, 6.07) is 13.8. The van der Waals surface area contributed by atoms with Crippen LogP contribution in [-0.2, 0) is 29.8 Å². The largest absolute Gasteiger partial charge is 0.329 e. The van der Waals surface area contributed by atoms with Crippen molar-refractivity contribution >= 4 is 33.6 Å². The second-order valence-corrected chi connectivity index (χ2v) is 8.61. The Bertz CT molecular complexity index is 1060. The predicted molar refractivity (Wildman–Crippen MR) is 101 cm³/mol. The molecule has 0 spiro atoms. The number of urea groups is 1. The van der Waals surface area contributed by atoms with Crippen LogP contribution in [0, 0.1) is 0 Å². The first-order valence-corrected chi connectivity index (χ1v) is 10.1. The molecule has 2 aromatic rings. The molecule has 1 unspecified atom stereocenters. The zero-order valence-corrected chi connectivity index (χ0v) is 16.0. The Labute approximate surface area is 166 Å². The topological polar surface area (TPSA) is 139 Å². The molecular weight excluding hydrogens is 398 g/mol. The molecule has 1 fully saturated rings. The molecular formula is C19H17N3O6S. The van der Waals surface area contributed by atoms with Crippen molar-refractivity contribution in [1.82, 2.24) is 16.0 Å². The van der Waals surface area contributed by atoms with E-state index in [0.29, 0.717) is 0 Å². The van der Waals surface area contributed by atoms with Crippen molar-refractivity contribution in [2.24, 2.45) is 0 Å². The minimum atomic E-state index is -4.09. The van der Waals surface area contributed by atoms with Gasteiger partial charge in [0, 0.05) is 0 Å². The molecule has 0 bridgehead atoms. The summed E-state index contributed by atoms with van der Waals surface area (Å²) in [6.07, 6.45) is 0. The lowest BCUT2D eigenvalue weighted by atomic mass is 9.86. The maximum absolute atomic E-state index is 12.8. The van der Waals surface area contributed by atoms with Gasteiger partial charge in [0.2, 0.25) is 11.4 Å². The summed E-state index contributed by atoms with van der Waals surface area (Å²) in [5, 5.41) is 4.52. The number of rotatable bonds is 5. The van der Waals surface area contributed by atoms with Crippen molar-refractivity contribution in [3.05, 3.63) is 66.2 Å². The molecule has 3 rings (SSSR count). The summed E-state index contributed by atoms with van der Waals surface area (Å²) in [4.78, 5) is 49.6. The van der Waals surface area contributed by atoms with Gasteiger partial charge in [-0.2, -0.15) is 0 Å². The molecule has 10 heteroatoms. The first kappa shape index (κ1) is 20.2. The van der Waals surface area contributed by atoms with E-state index < -0.39 is 44.4 Å². The summed E-state index contributed by atoms with van der Waals surface area (Å²) in [7, 11) is -4.09. The van der Waals surface area contributed by atoms with Gasteiger partial charge in [-0.05, 0) is 24.6 Å². The van der Waals surface area contributed by atoms with E-state index in [0.717, 1.165) is 6.92 Å². The van der Waals surface area contributed by atoms with Crippen molar-refractivity contribution in [3.63, 3.8) is 0 Å². The number of barbiturate groups is 1. The highest BCUT2D eigenvalue weighted by atomic mass is 32.2. The fourth-order valence-corrected chi connectivity index (χ4v) is 4.19. The number of carbonyl (C=O) groups is 4. The van der Waals surface area contributed by atoms with E-state index in [4.69, 9.17) is 0 Å². The Morgan fingerprint density at radius 3 is 1.90 bits per heavy atom. The number of amides is 5. The summed E-state index contributed by atoms with van der Waals surface area (Å²) in [5.74, 6) is -3.25. The van der Waals surface area contributed by atoms with E-state index in [1.807, 2.05) is 10.6 Å². The first-order chi connectivity index (χ1) is 13.7. The zero-order valence-electron chi connectivity index (χ0n) is 15.2. The van der Waals surface area contributed by atoms with Gasteiger partial charge in [-0.15, -0.1) is 0 Å². The minimum Gasteiger partial charge on any atom is -0.329 e. The van der Waals surface area contributed by atoms with Gasteiger partial charge in [-0.25, -0.2) is 13.2 Å². The third-order valence-corrected chi connectivity index (χ3v) is 6.63. The lowest BCUT2D eigenvalue weighted by Gasteiger charge is -2.35. The van der Waals surface area contributed by atoms with Gasteiger partial charge in [0.05, 0.1) is 4.90 Å². The maximum Gasteiger partial charge on any atom is 0.328 e. The van der Waals surface area contributed by atoms with Gasteiger partial charge in [-0.1, -0.05) is 48.5 Å². The van der Waals surface area contributed by atoms with Crippen molar-refractivity contribution in [2.45, 2.75) is 22.6 Å². The van der Waals surface area contributed by atoms with Crippen molar-refractivity contribution in [2.75, 3.05) is 0 Å². The molecule has 0 saturated carbocycles. The number of sulfone groups is 1. The third kappa shape index (κ3) is 3.49. The van der Waals surface area contributed by atoms with Crippen LogP contribution in [0.4, 0.5) is 4.79 Å². The molecule has 1 atom stereocenters. The van der Waals surface area contributed by atoms with Crippen molar-refractivity contribution < 1.29 is 27.6 Å². The average Bonchev–Trinajstić information content (AvgIpc) is 2.71. The second-order valence-electron chi connectivity index (χ2n) is 6.34. The molecule has 0 aliphatic carbocycles. The van der Waals surface area contributed by atoms with E-state index >= 15 is 0 Å². The fourth-order valence-electron chi connectivity index (χ4n) is 2.91. The van der Waals surface area contributed by atoms with Crippen LogP contribution in [-0.4, -0.2) is 37.4 Å². The minimum absolute atomic E-state index is 0.0696. The van der Waals surface area contributed by atoms with E-state index in [-0.39, 0.29) is 10.5 Å². The molecule has 29 heavy (non-hydrogen) atoms. The van der Waals surface area contributed by atoms with E-state index in [1.54, 1.807) is 12.1 Å². The van der Waals surface area contributed by atoms with Crippen molar-refractivity contribution in [1.29, 1.82) is 0 Å². The number of benzene rings is 2. The lowest BCUT2D eigenvalue weighted by Crippen LogP contribution is -2.71. The number of nitrogens with one attached hydrogen (secondary N) is 3. The maximum atomic E-state index is 12.8. The lowest BCUT2D eigenvalue weighted by molar-refractivity contribution is -0.144. The van der Waals surface area contributed by atoms with Crippen LogP contribution in [0.5, 0.6) is 0 Å². The molecule has 1 aliphatic heterocycles. The highest BCUT2D eigenvalue weighted by Gasteiger charge is 2.54. The van der Waals surface area contributed by atoms with Gasteiger partial charge < -0.3 is 5.32 Å². The monoisotopic (exact) mass is 415 g/mol. The average molecular weight is 415 g/mol. The third-order valence-electron chi connectivity index (χ3n) is 4.56. The van der Waals surface area contributed by atoms with Crippen LogP contribution in [0.15, 0.2) is 65.6 Å². The van der Waals surface area contributed by atoms with Crippen LogP contribution in [0.2, 0.25) is 0 Å². The van der Waals surface area contributed by atoms with Gasteiger partial charge in [0.1, 0.15) is 5.25 Å².